The highest BCUT2D eigenvalue weighted by Crippen LogP contribution is 2.17. The third kappa shape index (κ3) is 2.27. The highest BCUT2D eigenvalue weighted by Gasteiger charge is 2.03. The van der Waals surface area contributed by atoms with Crippen LogP contribution in [0.2, 0.25) is 0 Å². The van der Waals surface area contributed by atoms with E-state index in [0.717, 1.165) is 13.1 Å². The zero-order chi connectivity index (χ0) is 11.4. The maximum absolute atomic E-state index is 3.48. The van der Waals surface area contributed by atoms with E-state index in [1.807, 2.05) is 0 Å². The average Bonchev–Trinajstić information content (AvgIpc) is 2.63. The van der Waals surface area contributed by atoms with Crippen molar-refractivity contribution in [2.75, 3.05) is 6.54 Å². The van der Waals surface area contributed by atoms with Crippen molar-refractivity contribution in [2.24, 2.45) is 7.05 Å². The van der Waals surface area contributed by atoms with E-state index >= 15 is 0 Å². The number of fused-ring (bicyclic) bond motifs is 1. The van der Waals surface area contributed by atoms with E-state index in [0.29, 0.717) is 0 Å². The second-order valence-corrected chi connectivity index (χ2v) is 4.28. The first kappa shape index (κ1) is 11.2. The van der Waals surface area contributed by atoms with E-state index in [4.69, 9.17) is 0 Å². The SMILES string of the molecule is CCCCNCc1cc2ccccc2n1C. The molecule has 2 rings (SSSR count). The minimum Gasteiger partial charge on any atom is -0.346 e. The largest absolute Gasteiger partial charge is 0.346 e. The summed E-state index contributed by atoms with van der Waals surface area (Å²) in [6.07, 6.45) is 2.51. The summed E-state index contributed by atoms with van der Waals surface area (Å²) in [7, 11) is 2.14. The fourth-order valence-electron chi connectivity index (χ4n) is 2.03. The van der Waals surface area contributed by atoms with Gasteiger partial charge in [-0.05, 0) is 30.5 Å². The normalized spacial score (nSPS) is 11.1. The highest BCUT2D eigenvalue weighted by atomic mass is 15.0. The zero-order valence-corrected chi connectivity index (χ0v) is 10.2. The average molecular weight is 216 g/mol. The molecule has 86 valence electrons. The number of hydrogen-bond donors (Lipinski definition) is 1. The number of nitrogens with one attached hydrogen (secondary N) is 1. The third-order valence-corrected chi connectivity index (χ3v) is 3.06. The number of rotatable bonds is 5. The molecule has 1 aromatic carbocycles. The van der Waals surface area contributed by atoms with Gasteiger partial charge in [0.15, 0.2) is 0 Å². The molecule has 0 aliphatic carbocycles. The molecule has 0 saturated carbocycles. The monoisotopic (exact) mass is 216 g/mol. The molecule has 0 aliphatic rings. The number of benzene rings is 1. The van der Waals surface area contributed by atoms with Gasteiger partial charge in [0.25, 0.3) is 0 Å². The molecular weight excluding hydrogens is 196 g/mol. The minimum absolute atomic E-state index is 0.963. The Kier molecular flexibility index (Phi) is 3.62. The van der Waals surface area contributed by atoms with Gasteiger partial charge in [-0.1, -0.05) is 31.5 Å². The van der Waals surface area contributed by atoms with Gasteiger partial charge in [0.05, 0.1) is 0 Å². The fourth-order valence-corrected chi connectivity index (χ4v) is 2.03. The summed E-state index contributed by atoms with van der Waals surface area (Å²) >= 11 is 0. The van der Waals surface area contributed by atoms with Gasteiger partial charge >= 0.3 is 0 Å². The Morgan fingerprint density at radius 2 is 2.06 bits per heavy atom. The van der Waals surface area contributed by atoms with Gasteiger partial charge in [-0.2, -0.15) is 0 Å². The maximum atomic E-state index is 3.48. The van der Waals surface area contributed by atoms with Gasteiger partial charge in [0, 0.05) is 24.8 Å². The molecule has 2 aromatic rings. The number of aryl methyl sites for hydroxylation is 1. The van der Waals surface area contributed by atoms with Crippen molar-refractivity contribution < 1.29 is 0 Å². The Balaban J connectivity index is 2.09. The molecule has 1 aromatic heterocycles. The zero-order valence-electron chi connectivity index (χ0n) is 10.2. The molecular formula is C14H20N2. The van der Waals surface area contributed by atoms with Crippen molar-refractivity contribution >= 4 is 10.9 Å². The highest BCUT2D eigenvalue weighted by molar-refractivity contribution is 5.81. The Hall–Kier alpha value is -1.28. The standard InChI is InChI=1S/C14H20N2/c1-3-4-9-15-11-13-10-12-7-5-6-8-14(12)16(13)2/h5-8,10,15H,3-4,9,11H2,1-2H3. The summed E-state index contributed by atoms with van der Waals surface area (Å²) in [5, 5.41) is 4.81. The van der Waals surface area contributed by atoms with Crippen molar-refractivity contribution in [2.45, 2.75) is 26.3 Å². The fraction of sp³-hybridized carbons (Fsp3) is 0.429. The quantitative estimate of drug-likeness (QED) is 0.760. The Bertz CT molecular complexity index is 457. The van der Waals surface area contributed by atoms with Crippen LogP contribution in [0, 0.1) is 0 Å². The number of hydrogen-bond acceptors (Lipinski definition) is 1. The molecule has 2 nitrogen and oxygen atoms in total. The number of unbranched alkanes of at least 4 members (excludes halogenated alkanes) is 1. The third-order valence-electron chi connectivity index (χ3n) is 3.06. The Labute approximate surface area is 97.3 Å². The van der Waals surface area contributed by atoms with Crippen LogP contribution in [0.15, 0.2) is 30.3 Å². The van der Waals surface area contributed by atoms with E-state index < -0.39 is 0 Å². The summed E-state index contributed by atoms with van der Waals surface area (Å²) in [4.78, 5) is 0. The number of aromatic nitrogens is 1. The van der Waals surface area contributed by atoms with Crippen molar-refractivity contribution in [3.63, 3.8) is 0 Å². The molecule has 1 heterocycles. The summed E-state index contributed by atoms with van der Waals surface area (Å²) in [5.41, 5.74) is 2.67. The Morgan fingerprint density at radius 3 is 2.81 bits per heavy atom. The van der Waals surface area contributed by atoms with Crippen LogP contribution >= 0.6 is 0 Å². The second-order valence-electron chi connectivity index (χ2n) is 4.28. The van der Waals surface area contributed by atoms with Crippen molar-refractivity contribution in [3.8, 4) is 0 Å². The molecule has 16 heavy (non-hydrogen) atoms. The van der Waals surface area contributed by atoms with E-state index in [9.17, 15) is 0 Å². The van der Waals surface area contributed by atoms with Crippen LogP contribution in [0.3, 0.4) is 0 Å². The van der Waals surface area contributed by atoms with Crippen LogP contribution in [0.4, 0.5) is 0 Å². The van der Waals surface area contributed by atoms with Crippen molar-refractivity contribution in [3.05, 3.63) is 36.0 Å². The van der Waals surface area contributed by atoms with Gasteiger partial charge in [0.2, 0.25) is 0 Å². The summed E-state index contributed by atoms with van der Waals surface area (Å²) in [6, 6.07) is 10.8. The van der Waals surface area contributed by atoms with Crippen LogP contribution < -0.4 is 5.32 Å². The lowest BCUT2D eigenvalue weighted by molar-refractivity contribution is 0.622. The van der Waals surface area contributed by atoms with Crippen LogP contribution in [-0.4, -0.2) is 11.1 Å². The summed E-state index contributed by atoms with van der Waals surface area (Å²) in [6.45, 7) is 4.29. The smallest absolute Gasteiger partial charge is 0.0480 e. The van der Waals surface area contributed by atoms with E-state index in [-0.39, 0.29) is 0 Å². The predicted molar refractivity (Wildman–Crippen MR) is 69.5 cm³/mol. The topological polar surface area (TPSA) is 17.0 Å². The molecule has 0 unspecified atom stereocenters. The first-order chi connectivity index (χ1) is 7.83. The van der Waals surface area contributed by atoms with Gasteiger partial charge < -0.3 is 9.88 Å². The Morgan fingerprint density at radius 1 is 1.25 bits per heavy atom. The molecule has 0 radical (unpaired) electrons. The first-order valence-corrected chi connectivity index (χ1v) is 6.07. The first-order valence-electron chi connectivity index (χ1n) is 6.07. The minimum atomic E-state index is 0.963. The number of nitrogens with zero attached hydrogens (tertiary/aromatic N) is 1. The van der Waals surface area contributed by atoms with Crippen molar-refractivity contribution in [1.29, 1.82) is 0 Å². The molecule has 0 spiro atoms. The van der Waals surface area contributed by atoms with E-state index in [1.54, 1.807) is 0 Å². The lowest BCUT2D eigenvalue weighted by Crippen LogP contribution is -2.16. The molecule has 0 saturated heterocycles. The van der Waals surface area contributed by atoms with E-state index in [2.05, 4.69) is 54.2 Å². The lowest BCUT2D eigenvalue weighted by Gasteiger charge is -2.05. The molecule has 0 amide bonds. The van der Waals surface area contributed by atoms with E-state index in [1.165, 1.54) is 29.4 Å². The summed E-state index contributed by atoms with van der Waals surface area (Å²) < 4.78 is 2.27. The van der Waals surface area contributed by atoms with Crippen molar-refractivity contribution in [1.82, 2.24) is 9.88 Å². The van der Waals surface area contributed by atoms with Gasteiger partial charge in [0.1, 0.15) is 0 Å². The maximum Gasteiger partial charge on any atom is 0.0480 e. The predicted octanol–water partition coefficient (Wildman–Crippen LogP) is 3.07. The van der Waals surface area contributed by atoms with Crippen LogP contribution in [0.1, 0.15) is 25.5 Å². The number of para-hydroxylation sites is 1. The van der Waals surface area contributed by atoms with Crippen LogP contribution in [0.25, 0.3) is 10.9 Å². The van der Waals surface area contributed by atoms with Gasteiger partial charge in [-0.3, -0.25) is 0 Å². The molecule has 1 N–H and O–H groups in total. The van der Waals surface area contributed by atoms with Gasteiger partial charge in [-0.15, -0.1) is 0 Å². The molecule has 0 atom stereocenters. The molecule has 2 heteroatoms. The molecule has 0 bridgehead atoms. The van der Waals surface area contributed by atoms with Gasteiger partial charge in [-0.25, -0.2) is 0 Å². The van der Waals surface area contributed by atoms with Crippen LogP contribution in [-0.2, 0) is 13.6 Å². The lowest BCUT2D eigenvalue weighted by atomic mass is 10.2. The second kappa shape index (κ2) is 5.17. The molecule has 0 fully saturated rings. The van der Waals surface area contributed by atoms with Crippen LogP contribution in [0.5, 0.6) is 0 Å². The summed E-state index contributed by atoms with van der Waals surface area (Å²) in [5.74, 6) is 0. The molecule has 0 aliphatic heterocycles.